The van der Waals surface area contributed by atoms with Crippen molar-refractivity contribution in [2.24, 2.45) is 0 Å². The molecule has 1 atom stereocenters. The highest BCUT2D eigenvalue weighted by Gasteiger charge is 2.15. The molecule has 0 amide bonds. The Hall–Kier alpha value is -1.66. The van der Waals surface area contributed by atoms with E-state index in [0.717, 1.165) is 6.42 Å². The minimum absolute atomic E-state index is 0.167. The average molecular weight is 279 g/mol. The van der Waals surface area contributed by atoms with Crippen LogP contribution in [0.5, 0.6) is 0 Å². The van der Waals surface area contributed by atoms with Crippen LogP contribution in [-0.4, -0.2) is 25.2 Å². The van der Waals surface area contributed by atoms with Crippen LogP contribution in [0.15, 0.2) is 47.6 Å². The van der Waals surface area contributed by atoms with E-state index >= 15 is 0 Å². The van der Waals surface area contributed by atoms with Crippen LogP contribution in [0.1, 0.15) is 24.8 Å². The second-order valence-electron chi connectivity index (χ2n) is 4.43. The zero-order chi connectivity index (χ0) is 13.7. The largest absolute Gasteiger partial charge is 0.284 e. The van der Waals surface area contributed by atoms with Crippen molar-refractivity contribution in [1.29, 1.82) is 0 Å². The van der Waals surface area contributed by atoms with Crippen molar-refractivity contribution in [2.75, 3.05) is 6.54 Å². The van der Waals surface area contributed by atoms with Gasteiger partial charge in [0.2, 0.25) is 10.0 Å². The van der Waals surface area contributed by atoms with Crippen LogP contribution in [0.4, 0.5) is 0 Å². The van der Waals surface area contributed by atoms with Gasteiger partial charge in [0.25, 0.3) is 0 Å². The number of H-pyrrole nitrogens is 1. The summed E-state index contributed by atoms with van der Waals surface area (Å²) in [5.41, 5.74) is 1.21. The minimum atomic E-state index is -3.44. The number of rotatable bonds is 6. The Morgan fingerprint density at radius 2 is 2.05 bits per heavy atom. The van der Waals surface area contributed by atoms with Gasteiger partial charge in [-0.3, -0.25) is 5.10 Å². The summed E-state index contributed by atoms with van der Waals surface area (Å²) in [6.45, 7) is 2.49. The summed E-state index contributed by atoms with van der Waals surface area (Å²) < 4.78 is 26.3. The molecule has 0 bridgehead atoms. The van der Waals surface area contributed by atoms with Gasteiger partial charge in [0.05, 0.1) is 6.20 Å². The van der Waals surface area contributed by atoms with Gasteiger partial charge in [-0.1, -0.05) is 37.3 Å². The molecule has 1 heterocycles. The van der Waals surface area contributed by atoms with E-state index in [1.165, 1.54) is 18.0 Å². The lowest BCUT2D eigenvalue weighted by Gasteiger charge is -2.12. The highest BCUT2D eigenvalue weighted by atomic mass is 32.2. The van der Waals surface area contributed by atoms with E-state index in [-0.39, 0.29) is 4.90 Å². The van der Waals surface area contributed by atoms with E-state index in [0.29, 0.717) is 12.5 Å². The smallest absolute Gasteiger partial charge is 0.243 e. The minimum Gasteiger partial charge on any atom is -0.284 e. The molecule has 0 aliphatic rings. The first-order chi connectivity index (χ1) is 9.09. The van der Waals surface area contributed by atoms with Gasteiger partial charge in [0, 0.05) is 12.7 Å². The monoisotopic (exact) mass is 279 g/mol. The highest BCUT2D eigenvalue weighted by molar-refractivity contribution is 7.89. The first kappa shape index (κ1) is 13.8. The summed E-state index contributed by atoms with van der Waals surface area (Å²) >= 11 is 0. The lowest BCUT2D eigenvalue weighted by Crippen LogP contribution is -2.25. The Morgan fingerprint density at radius 1 is 1.32 bits per heavy atom. The second-order valence-corrected chi connectivity index (χ2v) is 6.20. The SMILES string of the molecule is CC(CCNS(=O)(=O)c1cn[nH]c1)c1ccccc1. The molecular formula is C13H17N3O2S. The second kappa shape index (κ2) is 5.99. The molecule has 0 spiro atoms. The fourth-order valence-electron chi connectivity index (χ4n) is 1.83. The Bertz CT molecular complexity index is 594. The van der Waals surface area contributed by atoms with Crippen molar-refractivity contribution < 1.29 is 8.42 Å². The van der Waals surface area contributed by atoms with Gasteiger partial charge >= 0.3 is 0 Å². The van der Waals surface area contributed by atoms with Gasteiger partial charge in [-0.05, 0) is 17.9 Å². The van der Waals surface area contributed by atoms with E-state index < -0.39 is 10.0 Å². The number of nitrogens with zero attached hydrogens (tertiary/aromatic N) is 1. The van der Waals surface area contributed by atoms with Crippen LogP contribution in [-0.2, 0) is 10.0 Å². The highest BCUT2D eigenvalue weighted by Crippen LogP contribution is 2.17. The molecule has 0 aliphatic carbocycles. The van der Waals surface area contributed by atoms with E-state index in [1.54, 1.807) is 0 Å². The normalized spacial score (nSPS) is 13.3. The summed E-state index contributed by atoms with van der Waals surface area (Å²) in [6, 6.07) is 10.0. The lowest BCUT2D eigenvalue weighted by molar-refractivity contribution is 0.572. The quantitative estimate of drug-likeness (QED) is 0.847. The number of aromatic nitrogens is 2. The van der Waals surface area contributed by atoms with Crippen molar-refractivity contribution in [1.82, 2.24) is 14.9 Å². The van der Waals surface area contributed by atoms with Crippen molar-refractivity contribution in [3.05, 3.63) is 48.3 Å². The van der Waals surface area contributed by atoms with Gasteiger partial charge < -0.3 is 0 Å². The van der Waals surface area contributed by atoms with Crippen molar-refractivity contribution in [2.45, 2.75) is 24.2 Å². The molecule has 0 aliphatic heterocycles. The Morgan fingerprint density at radius 3 is 2.68 bits per heavy atom. The number of benzene rings is 1. The van der Waals surface area contributed by atoms with Crippen LogP contribution >= 0.6 is 0 Å². The summed E-state index contributed by atoms with van der Waals surface area (Å²) in [4.78, 5) is 0.167. The van der Waals surface area contributed by atoms with E-state index in [9.17, 15) is 8.42 Å². The number of aromatic amines is 1. The van der Waals surface area contributed by atoms with Gasteiger partial charge in [-0.2, -0.15) is 5.10 Å². The van der Waals surface area contributed by atoms with Gasteiger partial charge in [-0.25, -0.2) is 13.1 Å². The van der Waals surface area contributed by atoms with Crippen molar-refractivity contribution in [3.63, 3.8) is 0 Å². The van der Waals surface area contributed by atoms with Crippen LogP contribution < -0.4 is 4.72 Å². The maximum Gasteiger partial charge on any atom is 0.243 e. The Balaban J connectivity index is 1.87. The maximum absolute atomic E-state index is 11.8. The maximum atomic E-state index is 11.8. The zero-order valence-corrected chi connectivity index (χ0v) is 11.5. The van der Waals surface area contributed by atoms with Gasteiger partial charge in [0.15, 0.2) is 0 Å². The predicted octanol–water partition coefficient (Wildman–Crippen LogP) is 1.88. The third kappa shape index (κ3) is 3.65. The molecule has 102 valence electrons. The lowest BCUT2D eigenvalue weighted by atomic mass is 9.98. The summed E-state index contributed by atoms with van der Waals surface area (Å²) in [6.07, 6.45) is 3.41. The molecule has 0 saturated heterocycles. The fraction of sp³-hybridized carbons (Fsp3) is 0.308. The van der Waals surface area contributed by atoms with E-state index in [4.69, 9.17) is 0 Å². The Kier molecular flexibility index (Phi) is 4.34. The predicted molar refractivity (Wildman–Crippen MR) is 73.3 cm³/mol. The first-order valence-electron chi connectivity index (χ1n) is 6.13. The molecule has 1 aromatic carbocycles. The average Bonchev–Trinajstić information content (AvgIpc) is 2.94. The molecule has 19 heavy (non-hydrogen) atoms. The molecule has 1 aromatic heterocycles. The zero-order valence-electron chi connectivity index (χ0n) is 10.7. The molecular weight excluding hydrogens is 262 g/mol. The molecule has 1 unspecified atom stereocenters. The molecule has 0 fully saturated rings. The molecule has 5 nitrogen and oxygen atoms in total. The number of nitrogens with one attached hydrogen (secondary N) is 2. The standard InChI is InChI=1S/C13H17N3O2S/c1-11(12-5-3-2-4-6-12)7-8-16-19(17,18)13-9-14-15-10-13/h2-6,9-11,16H,7-8H2,1H3,(H,14,15). The summed E-state index contributed by atoms with van der Waals surface area (Å²) in [5.74, 6) is 0.313. The van der Waals surface area contributed by atoms with E-state index in [2.05, 4.69) is 34.0 Å². The molecule has 6 heteroatoms. The number of hydrogen-bond acceptors (Lipinski definition) is 3. The molecule has 0 radical (unpaired) electrons. The Labute approximate surface area is 113 Å². The first-order valence-corrected chi connectivity index (χ1v) is 7.61. The fourth-order valence-corrected chi connectivity index (χ4v) is 2.78. The van der Waals surface area contributed by atoms with Crippen LogP contribution in [0.2, 0.25) is 0 Å². The molecule has 2 aromatic rings. The van der Waals surface area contributed by atoms with Crippen molar-refractivity contribution >= 4 is 10.0 Å². The number of hydrogen-bond donors (Lipinski definition) is 2. The van der Waals surface area contributed by atoms with Crippen molar-refractivity contribution in [3.8, 4) is 0 Å². The van der Waals surface area contributed by atoms with Crippen LogP contribution in [0.25, 0.3) is 0 Å². The third-order valence-electron chi connectivity index (χ3n) is 3.02. The van der Waals surface area contributed by atoms with Gasteiger partial charge in [-0.15, -0.1) is 0 Å². The molecule has 0 saturated carbocycles. The van der Waals surface area contributed by atoms with E-state index in [1.807, 2.05) is 18.2 Å². The number of sulfonamides is 1. The third-order valence-corrected chi connectivity index (χ3v) is 4.45. The van der Waals surface area contributed by atoms with Crippen LogP contribution in [0.3, 0.4) is 0 Å². The topological polar surface area (TPSA) is 74.8 Å². The van der Waals surface area contributed by atoms with Gasteiger partial charge in [0.1, 0.15) is 4.90 Å². The summed E-state index contributed by atoms with van der Waals surface area (Å²) in [7, 11) is -3.44. The molecule has 2 rings (SSSR count). The molecule has 2 N–H and O–H groups in total. The summed E-state index contributed by atoms with van der Waals surface area (Å²) in [5, 5.41) is 6.13. The van der Waals surface area contributed by atoms with Crippen LogP contribution in [0, 0.1) is 0 Å².